The maximum absolute atomic E-state index is 12.8. The minimum absolute atomic E-state index is 0.118. The summed E-state index contributed by atoms with van der Waals surface area (Å²) in [5.74, 6) is -0.348. The molecule has 0 atom stereocenters. The van der Waals surface area contributed by atoms with Gasteiger partial charge in [0.1, 0.15) is 29.3 Å². The highest BCUT2D eigenvalue weighted by molar-refractivity contribution is 7.15. The molecule has 10 heteroatoms. The van der Waals surface area contributed by atoms with Gasteiger partial charge in [-0.25, -0.2) is 9.97 Å². The van der Waals surface area contributed by atoms with E-state index in [0.29, 0.717) is 33.0 Å². The Morgan fingerprint density at radius 3 is 2.50 bits per heavy atom. The lowest BCUT2D eigenvalue weighted by molar-refractivity contribution is -0.138. The van der Waals surface area contributed by atoms with Crippen LogP contribution in [0.4, 0.5) is 13.2 Å². The Bertz CT molecular complexity index is 1290. The first kappa shape index (κ1) is 21.8. The van der Waals surface area contributed by atoms with Crippen molar-refractivity contribution in [2.75, 3.05) is 0 Å². The highest BCUT2D eigenvalue weighted by Gasteiger charge is 2.30. The molecule has 2 heterocycles. The molecule has 4 rings (SSSR count). The van der Waals surface area contributed by atoms with Gasteiger partial charge in [0.05, 0.1) is 16.1 Å². The summed E-state index contributed by atoms with van der Waals surface area (Å²) in [6, 6.07) is 8.28. The molecule has 0 saturated heterocycles. The number of hydrogen-bond donors (Lipinski definition) is 1. The van der Waals surface area contributed by atoms with E-state index in [0.717, 1.165) is 22.7 Å². The Hall–Kier alpha value is -3.40. The quantitative estimate of drug-likeness (QED) is 0.390. The van der Waals surface area contributed by atoms with Gasteiger partial charge in [-0.2, -0.15) is 13.2 Å². The molecule has 2 aromatic heterocycles. The second-order valence-electron chi connectivity index (χ2n) is 7.10. The molecule has 0 fully saturated rings. The monoisotopic (exact) mass is 462 g/mol. The summed E-state index contributed by atoms with van der Waals surface area (Å²) < 4.78 is 49.7. The largest absolute Gasteiger partial charge is 0.488 e. The SMILES string of the molecule is Cc1nc(-c2ccc(C(F)(F)F)cc2)sc1COc1ccc2oc(CC(=O)O)nc2c1C. The molecule has 0 aliphatic rings. The van der Waals surface area contributed by atoms with Crippen molar-refractivity contribution in [3.05, 3.63) is 64.0 Å². The molecule has 0 bridgehead atoms. The maximum atomic E-state index is 12.8. The van der Waals surface area contributed by atoms with Gasteiger partial charge in [-0.05, 0) is 38.1 Å². The van der Waals surface area contributed by atoms with Gasteiger partial charge in [-0.15, -0.1) is 11.3 Å². The number of aromatic nitrogens is 2. The van der Waals surface area contributed by atoms with E-state index >= 15 is 0 Å². The number of alkyl halides is 3. The second kappa shape index (κ2) is 8.27. The summed E-state index contributed by atoms with van der Waals surface area (Å²) in [6.07, 6.45) is -4.69. The van der Waals surface area contributed by atoms with Crippen LogP contribution in [-0.4, -0.2) is 21.0 Å². The van der Waals surface area contributed by atoms with Crippen molar-refractivity contribution in [2.24, 2.45) is 0 Å². The summed E-state index contributed by atoms with van der Waals surface area (Å²) in [5, 5.41) is 9.51. The van der Waals surface area contributed by atoms with Crippen molar-refractivity contribution in [3.8, 4) is 16.3 Å². The van der Waals surface area contributed by atoms with Crippen molar-refractivity contribution >= 4 is 28.4 Å². The minimum atomic E-state index is -4.38. The van der Waals surface area contributed by atoms with Gasteiger partial charge in [-0.1, -0.05) is 12.1 Å². The van der Waals surface area contributed by atoms with Crippen molar-refractivity contribution in [3.63, 3.8) is 0 Å². The van der Waals surface area contributed by atoms with Crippen molar-refractivity contribution in [1.82, 2.24) is 9.97 Å². The fourth-order valence-corrected chi connectivity index (χ4v) is 4.13. The molecule has 0 aliphatic heterocycles. The van der Waals surface area contributed by atoms with Gasteiger partial charge < -0.3 is 14.3 Å². The molecule has 0 unspecified atom stereocenters. The molecule has 0 radical (unpaired) electrons. The summed E-state index contributed by atoms with van der Waals surface area (Å²) in [7, 11) is 0. The van der Waals surface area contributed by atoms with Gasteiger partial charge >= 0.3 is 12.1 Å². The lowest BCUT2D eigenvalue weighted by Crippen LogP contribution is -2.03. The number of aryl methyl sites for hydroxylation is 2. The van der Waals surface area contributed by atoms with Crippen LogP contribution in [0.3, 0.4) is 0 Å². The number of aliphatic carboxylic acids is 1. The van der Waals surface area contributed by atoms with Gasteiger partial charge in [0.15, 0.2) is 5.58 Å². The predicted molar refractivity (Wildman–Crippen MR) is 112 cm³/mol. The first-order valence-electron chi connectivity index (χ1n) is 9.49. The number of benzene rings is 2. The van der Waals surface area contributed by atoms with Crippen molar-refractivity contribution in [2.45, 2.75) is 33.1 Å². The number of thiazole rings is 1. The van der Waals surface area contributed by atoms with E-state index in [4.69, 9.17) is 14.3 Å². The molecule has 0 amide bonds. The van der Waals surface area contributed by atoms with Crippen LogP contribution in [0.1, 0.15) is 27.6 Å². The zero-order chi connectivity index (χ0) is 23.0. The van der Waals surface area contributed by atoms with E-state index in [2.05, 4.69) is 9.97 Å². The smallest absolute Gasteiger partial charge is 0.416 e. The molecule has 2 aromatic carbocycles. The van der Waals surface area contributed by atoms with Crippen molar-refractivity contribution in [1.29, 1.82) is 0 Å². The first-order chi connectivity index (χ1) is 15.1. The minimum Gasteiger partial charge on any atom is -0.488 e. The second-order valence-corrected chi connectivity index (χ2v) is 8.19. The number of carboxylic acids is 1. The lowest BCUT2D eigenvalue weighted by Gasteiger charge is -2.08. The fourth-order valence-electron chi connectivity index (χ4n) is 3.14. The van der Waals surface area contributed by atoms with E-state index in [1.165, 1.54) is 23.5 Å². The molecule has 4 aromatic rings. The van der Waals surface area contributed by atoms with Crippen LogP contribution in [0.5, 0.6) is 5.75 Å². The molecular weight excluding hydrogens is 445 g/mol. The number of ether oxygens (including phenoxy) is 1. The van der Waals surface area contributed by atoms with Crippen molar-refractivity contribution < 1.29 is 32.2 Å². The number of fused-ring (bicyclic) bond motifs is 1. The number of oxazole rings is 1. The maximum Gasteiger partial charge on any atom is 0.416 e. The predicted octanol–water partition coefficient (Wildman–Crippen LogP) is 5.79. The van der Waals surface area contributed by atoms with E-state index in [9.17, 15) is 18.0 Å². The van der Waals surface area contributed by atoms with E-state index in [1.807, 2.05) is 6.92 Å². The third-order valence-corrected chi connectivity index (χ3v) is 6.00. The zero-order valence-electron chi connectivity index (χ0n) is 17.0. The van der Waals surface area contributed by atoms with E-state index in [-0.39, 0.29) is 18.9 Å². The molecule has 0 spiro atoms. The average Bonchev–Trinajstić information content (AvgIpc) is 3.30. The highest BCUT2D eigenvalue weighted by Crippen LogP contribution is 2.34. The lowest BCUT2D eigenvalue weighted by atomic mass is 10.1. The van der Waals surface area contributed by atoms with Crippen LogP contribution in [-0.2, 0) is 24.0 Å². The number of rotatable bonds is 6. The normalized spacial score (nSPS) is 11.8. The Morgan fingerprint density at radius 1 is 1.12 bits per heavy atom. The Balaban J connectivity index is 1.52. The van der Waals surface area contributed by atoms with Crippen LogP contribution in [0.15, 0.2) is 40.8 Å². The number of nitrogens with zero attached hydrogens (tertiary/aromatic N) is 2. The van der Waals surface area contributed by atoms with Crippen LogP contribution in [0, 0.1) is 13.8 Å². The van der Waals surface area contributed by atoms with E-state index in [1.54, 1.807) is 19.1 Å². The molecule has 1 N–H and O–H groups in total. The number of carboxylic acid groups (broad SMARTS) is 1. The third kappa shape index (κ3) is 4.45. The number of hydrogen-bond acceptors (Lipinski definition) is 6. The van der Waals surface area contributed by atoms with Gasteiger partial charge in [0.2, 0.25) is 5.89 Å². The fraction of sp³-hybridized carbons (Fsp3) is 0.227. The summed E-state index contributed by atoms with van der Waals surface area (Å²) in [5.41, 5.74) is 2.35. The molecule has 166 valence electrons. The zero-order valence-corrected chi connectivity index (χ0v) is 17.8. The third-order valence-electron chi connectivity index (χ3n) is 4.82. The Kier molecular flexibility index (Phi) is 5.64. The first-order valence-corrected chi connectivity index (χ1v) is 10.3. The number of halogens is 3. The highest BCUT2D eigenvalue weighted by atomic mass is 32.1. The summed E-state index contributed by atoms with van der Waals surface area (Å²) in [6.45, 7) is 3.84. The van der Waals surface area contributed by atoms with Gasteiger partial charge in [0.25, 0.3) is 0 Å². The summed E-state index contributed by atoms with van der Waals surface area (Å²) in [4.78, 5) is 20.4. The van der Waals surface area contributed by atoms with Gasteiger partial charge in [-0.3, -0.25) is 4.79 Å². The molecular formula is C22H17F3N2O4S. The van der Waals surface area contributed by atoms with E-state index < -0.39 is 17.7 Å². The Morgan fingerprint density at radius 2 is 1.84 bits per heavy atom. The number of carbonyl (C=O) groups is 1. The molecule has 0 saturated carbocycles. The summed E-state index contributed by atoms with van der Waals surface area (Å²) >= 11 is 1.35. The average molecular weight is 462 g/mol. The Labute approximate surface area is 184 Å². The molecule has 6 nitrogen and oxygen atoms in total. The topological polar surface area (TPSA) is 85.5 Å². The van der Waals surface area contributed by atoms with Gasteiger partial charge in [0, 0.05) is 11.1 Å². The van der Waals surface area contributed by atoms with Crippen LogP contribution < -0.4 is 4.74 Å². The van der Waals surface area contributed by atoms with Crippen LogP contribution >= 0.6 is 11.3 Å². The molecule has 0 aliphatic carbocycles. The molecule has 32 heavy (non-hydrogen) atoms. The standard InChI is InChI=1S/C22H17F3N2O4S/c1-11-15(7-8-16-20(11)27-18(31-16)9-19(28)29)30-10-17-12(2)26-21(32-17)13-3-5-14(6-4-13)22(23,24)25/h3-8H,9-10H2,1-2H3,(H,28,29). The van der Waals surface area contributed by atoms with Crippen LogP contribution in [0.2, 0.25) is 0 Å². The van der Waals surface area contributed by atoms with Crippen LogP contribution in [0.25, 0.3) is 21.7 Å².